The van der Waals surface area contributed by atoms with Crippen molar-refractivity contribution in [2.24, 2.45) is 5.10 Å². The fraction of sp³-hybridized carbons (Fsp3) is 0.226. The van der Waals surface area contributed by atoms with Crippen LogP contribution < -0.4 is 15.0 Å². The summed E-state index contributed by atoms with van der Waals surface area (Å²) in [6.45, 7) is 0. The zero-order valence-electron chi connectivity index (χ0n) is 22.6. The number of hydrogen-bond donors (Lipinski definition) is 0. The van der Waals surface area contributed by atoms with Crippen LogP contribution in [0.15, 0.2) is 98.8 Å². The summed E-state index contributed by atoms with van der Waals surface area (Å²) in [5.41, 5.74) is 4.16. The summed E-state index contributed by atoms with van der Waals surface area (Å²) in [5.74, 6) is 2.25. The van der Waals surface area contributed by atoms with Crippen molar-refractivity contribution in [2.45, 2.75) is 28.9 Å². The monoisotopic (exact) mass is 584 g/mol. The molecule has 0 spiro atoms. The number of carbonyl (C=O) groups excluding carboxylic acids is 1. The molecule has 6 rings (SSSR count). The van der Waals surface area contributed by atoms with Gasteiger partial charge in [0.25, 0.3) is 11.5 Å². The highest BCUT2D eigenvalue weighted by Gasteiger charge is 2.33. The highest BCUT2D eigenvalue weighted by atomic mass is 32.2. The Morgan fingerprint density at radius 3 is 2.34 bits per heavy atom. The molecule has 0 radical (unpaired) electrons. The minimum Gasteiger partial charge on any atom is -0.497 e. The molecular weight excluding hydrogens is 556 g/mol. The Bertz CT molecular complexity index is 1660. The Labute approximate surface area is 246 Å². The number of benzene rings is 3. The van der Waals surface area contributed by atoms with Gasteiger partial charge in [0.2, 0.25) is 0 Å². The molecule has 0 saturated heterocycles. The van der Waals surface area contributed by atoms with E-state index in [1.54, 1.807) is 35.6 Å². The molecule has 0 bridgehead atoms. The lowest BCUT2D eigenvalue weighted by molar-refractivity contribution is -0.130. The summed E-state index contributed by atoms with van der Waals surface area (Å²) in [5, 5.41) is 6.89. The van der Waals surface area contributed by atoms with E-state index in [1.165, 1.54) is 11.8 Å². The van der Waals surface area contributed by atoms with Gasteiger partial charge in [0.15, 0.2) is 5.16 Å². The number of nitrogens with zero attached hydrogens (tertiary/aromatic N) is 4. The molecule has 2 aliphatic heterocycles. The van der Waals surface area contributed by atoms with Gasteiger partial charge in [0.1, 0.15) is 11.5 Å². The maximum absolute atomic E-state index is 13.8. The van der Waals surface area contributed by atoms with Crippen molar-refractivity contribution in [3.05, 3.63) is 106 Å². The van der Waals surface area contributed by atoms with Gasteiger partial charge in [-0.3, -0.25) is 14.2 Å². The minimum atomic E-state index is -0.271. The second-order valence-corrected chi connectivity index (χ2v) is 11.6. The van der Waals surface area contributed by atoms with Crippen molar-refractivity contribution in [3.63, 3.8) is 0 Å². The van der Waals surface area contributed by atoms with E-state index >= 15 is 0 Å². The summed E-state index contributed by atoms with van der Waals surface area (Å²) >= 11 is 2.81. The van der Waals surface area contributed by atoms with Gasteiger partial charge in [0.05, 0.1) is 48.0 Å². The molecule has 2 aliphatic rings. The largest absolute Gasteiger partial charge is 0.497 e. The van der Waals surface area contributed by atoms with E-state index < -0.39 is 0 Å². The van der Waals surface area contributed by atoms with E-state index in [1.807, 2.05) is 78.9 Å². The summed E-state index contributed by atoms with van der Waals surface area (Å²) in [4.78, 5) is 32.8. The number of aryl methyl sites for hydroxylation is 1. The number of fused-ring (bicyclic) bond motifs is 1. The Kier molecular flexibility index (Phi) is 7.84. The Morgan fingerprint density at radius 1 is 0.976 bits per heavy atom. The second-order valence-electron chi connectivity index (χ2n) is 9.54. The number of hydrogen-bond acceptors (Lipinski definition) is 8. The molecule has 208 valence electrons. The van der Waals surface area contributed by atoms with E-state index in [0.29, 0.717) is 16.5 Å². The lowest BCUT2D eigenvalue weighted by Crippen LogP contribution is -2.29. The molecule has 4 aromatic rings. The summed E-state index contributed by atoms with van der Waals surface area (Å²) < 4.78 is 12.3. The van der Waals surface area contributed by atoms with Gasteiger partial charge >= 0.3 is 0 Å². The Balaban J connectivity index is 1.31. The first-order valence-corrected chi connectivity index (χ1v) is 15.2. The van der Waals surface area contributed by atoms with Crippen LogP contribution in [0, 0.1) is 0 Å². The van der Waals surface area contributed by atoms with E-state index in [-0.39, 0.29) is 23.3 Å². The van der Waals surface area contributed by atoms with Crippen LogP contribution in [-0.4, -0.2) is 51.9 Å². The highest BCUT2D eigenvalue weighted by molar-refractivity contribution is 8.00. The van der Waals surface area contributed by atoms with Crippen LogP contribution in [0.1, 0.15) is 29.3 Å². The molecule has 3 aromatic carbocycles. The molecule has 0 fully saturated rings. The van der Waals surface area contributed by atoms with Crippen LogP contribution in [-0.2, 0) is 11.2 Å². The van der Waals surface area contributed by atoms with Gasteiger partial charge in [-0.25, -0.2) is 9.99 Å². The predicted molar refractivity (Wildman–Crippen MR) is 162 cm³/mol. The molecule has 41 heavy (non-hydrogen) atoms. The standard InChI is InChI=1S/C31H28N4O4S2/c1-38-23-12-8-20(9-13-23)26-18-27(21-10-14-24(39-2)15-11-21)35(33-26)28(36)19-41-31-32-25-16-17-40-29(25)30(37)34(31)22-6-4-3-5-7-22/h3-15,27H,16-19H2,1-2H3/t27-/m0/s1. The molecule has 8 nitrogen and oxygen atoms in total. The molecule has 1 aromatic heterocycles. The predicted octanol–water partition coefficient (Wildman–Crippen LogP) is 5.37. The fourth-order valence-corrected chi connectivity index (χ4v) is 6.88. The average Bonchev–Trinajstić information content (AvgIpc) is 3.69. The van der Waals surface area contributed by atoms with Crippen molar-refractivity contribution in [1.82, 2.24) is 14.6 Å². The zero-order chi connectivity index (χ0) is 28.3. The second kappa shape index (κ2) is 11.8. The molecule has 0 N–H and O–H groups in total. The third-order valence-electron chi connectivity index (χ3n) is 7.10. The van der Waals surface area contributed by atoms with Crippen LogP contribution in [0.25, 0.3) is 5.69 Å². The number of hydrazone groups is 1. The normalized spacial score (nSPS) is 15.9. The van der Waals surface area contributed by atoms with Gasteiger partial charge in [-0.2, -0.15) is 5.10 Å². The van der Waals surface area contributed by atoms with Crippen molar-refractivity contribution >= 4 is 35.1 Å². The average molecular weight is 585 g/mol. The lowest BCUT2D eigenvalue weighted by atomic mass is 9.98. The number of ether oxygens (including phenoxy) is 2. The molecule has 0 aliphatic carbocycles. The molecule has 1 amide bonds. The topological polar surface area (TPSA) is 86.0 Å². The van der Waals surface area contributed by atoms with Crippen LogP contribution in [0.2, 0.25) is 0 Å². The molecule has 0 unspecified atom stereocenters. The van der Waals surface area contributed by atoms with Gasteiger partial charge in [-0.05, 0) is 59.7 Å². The number of carbonyl (C=O) groups is 1. The number of para-hydroxylation sites is 1. The SMILES string of the molecule is COc1ccc(C2=NN(C(=O)CSc3nc4c(c(=O)n3-c3ccccc3)SCC4)[C@H](c3ccc(OC)cc3)C2)cc1. The van der Waals surface area contributed by atoms with Crippen molar-refractivity contribution in [3.8, 4) is 17.2 Å². The third kappa shape index (κ3) is 5.49. The van der Waals surface area contributed by atoms with E-state index in [9.17, 15) is 9.59 Å². The highest BCUT2D eigenvalue weighted by Crippen LogP contribution is 2.35. The van der Waals surface area contributed by atoms with Crippen molar-refractivity contribution < 1.29 is 14.3 Å². The maximum atomic E-state index is 13.8. The Hall–Kier alpha value is -4.02. The maximum Gasteiger partial charge on any atom is 0.272 e. The van der Waals surface area contributed by atoms with Crippen LogP contribution in [0.3, 0.4) is 0 Å². The van der Waals surface area contributed by atoms with E-state index in [0.717, 1.165) is 51.9 Å². The number of rotatable bonds is 8. The van der Waals surface area contributed by atoms with E-state index in [4.69, 9.17) is 19.6 Å². The van der Waals surface area contributed by atoms with Crippen molar-refractivity contribution in [2.75, 3.05) is 25.7 Å². The molecule has 0 saturated carbocycles. The fourth-order valence-electron chi connectivity index (χ4n) is 4.97. The quantitative estimate of drug-likeness (QED) is 0.203. The van der Waals surface area contributed by atoms with E-state index in [2.05, 4.69) is 0 Å². The lowest BCUT2D eigenvalue weighted by Gasteiger charge is -2.22. The number of aromatic nitrogens is 2. The van der Waals surface area contributed by atoms with Crippen LogP contribution in [0.4, 0.5) is 0 Å². The first-order valence-electron chi connectivity index (χ1n) is 13.2. The number of methoxy groups -OCH3 is 2. The summed E-state index contributed by atoms with van der Waals surface area (Å²) in [6.07, 6.45) is 1.31. The van der Waals surface area contributed by atoms with Crippen LogP contribution >= 0.6 is 23.5 Å². The molecule has 1 atom stereocenters. The van der Waals surface area contributed by atoms with Gasteiger partial charge in [-0.1, -0.05) is 42.1 Å². The number of amides is 1. The van der Waals surface area contributed by atoms with Gasteiger partial charge in [0, 0.05) is 18.6 Å². The zero-order valence-corrected chi connectivity index (χ0v) is 24.3. The smallest absolute Gasteiger partial charge is 0.272 e. The molecular formula is C31H28N4O4S2. The summed E-state index contributed by atoms with van der Waals surface area (Å²) in [7, 11) is 3.26. The summed E-state index contributed by atoms with van der Waals surface area (Å²) in [6, 6.07) is 24.6. The number of thioether (sulfide) groups is 2. The minimum absolute atomic E-state index is 0.0806. The van der Waals surface area contributed by atoms with Gasteiger partial charge < -0.3 is 9.47 Å². The first kappa shape index (κ1) is 27.2. The van der Waals surface area contributed by atoms with Crippen LogP contribution in [0.5, 0.6) is 11.5 Å². The third-order valence-corrected chi connectivity index (χ3v) is 9.13. The molecule has 3 heterocycles. The molecule has 10 heteroatoms. The van der Waals surface area contributed by atoms with Crippen molar-refractivity contribution in [1.29, 1.82) is 0 Å². The first-order chi connectivity index (χ1) is 20.1. The Morgan fingerprint density at radius 2 is 1.66 bits per heavy atom. The van der Waals surface area contributed by atoms with Gasteiger partial charge in [-0.15, -0.1) is 11.8 Å².